The van der Waals surface area contributed by atoms with E-state index in [9.17, 15) is 19.1 Å². The fourth-order valence-electron chi connectivity index (χ4n) is 4.97. The van der Waals surface area contributed by atoms with Crippen LogP contribution in [0.25, 0.3) is 5.76 Å². The number of hydrogen-bond acceptors (Lipinski definition) is 6. The van der Waals surface area contributed by atoms with E-state index in [-0.39, 0.29) is 17.9 Å². The van der Waals surface area contributed by atoms with Crippen molar-refractivity contribution < 1.29 is 33.3 Å². The van der Waals surface area contributed by atoms with Crippen molar-refractivity contribution >= 4 is 17.4 Å². The van der Waals surface area contributed by atoms with Crippen molar-refractivity contribution in [1.29, 1.82) is 0 Å². The highest BCUT2D eigenvalue weighted by Crippen LogP contribution is 2.43. The molecule has 2 heterocycles. The number of fused-ring (bicyclic) bond motifs is 1. The Morgan fingerprint density at radius 3 is 2.61 bits per heavy atom. The highest BCUT2D eigenvalue weighted by atomic mass is 19.1. The van der Waals surface area contributed by atoms with Gasteiger partial charge in [0.1, 0.15) is 17.3 Å². The van der Waals surface area contributed by atoms with Gasteiger partial charge >= 0.3 is 0 Å². The van der Waals surface area contributed by atoms with Crippen LogP contribution in [0.4, 0.5) is 4.39 Å². The number of aliphatic hydroxyl groups is 1. The molecule has 0 spiro atoms. The Labute approximate surface area is 220 Å². The summed E-state index contributed by atoms with van der Waals surface area (Å²) in [5.41, 5.74) is 2.54. The summed E-state index contributed by atoms with van der Waals surface area (Å²) in [6.07, 6.45) is 1.64. The van der Waals surface area contributed by atoms with Crippen molar-refractivity contribution in [2.75, 3.05) is 20.3 Å². The van der Waals surface area contributed by atoms with E-state index < -0.39 is 23.5 Å². The van der Waals surface area contributed by atoms with E-state index >= 15 is 0 Å². The number of benzene rings is 3. The monoisotopic (exact) mass is 517 g/mol. The van der Waals surface area contributed by atoms with Crippen LogP contribution in [-0.2, 0) is 22.6 Å². The van der Waals surface area contributed by atoms with Crippen LogP contribution in [0.2, 0.25) is 0 Å². The second kappa shape index (κ2) is 10.6. The predicted octanol–water partition coefficient (Wildman–Crippen LogP) is 5.18. The molecule has 0 aliphatic carbocycles. The van der Waals surface area contributed by atoms with Crippen LogP contribution < -0.4 is 14.2 Å². The van der Waals surface area contributed by atoms with E-state index in [1.807, 2.05) is 6.92 Å². The molecule has 8 heteroatoms. The molecule has 0 bridgehead atoms. The Hall–Kier alpha value is -4.33. The summed E-state index contributed by atoms with van der Waals surface area (Å²) in [6.45, 7) is 2.89. The first-order valence-corrected chi connectivity index (χ1v) is 12.5. The van der Waals surface area contributed by atoms with Crippen LogP contribution in [0, 0.1) is 5.82 Å². The van der Waals surface area contributed by atoms with Crippen molar-refractivity contribution in [3.63, 3.8) is 0 Å². The van der Waals surface area contributed by atoms with Crippen molar-refractivity contribution in [2.45, 2.75) is 32.4 Å². The first kappa shape index (κ1) is 25.3. The lowest BCUT2D eigenvalue weighted by Gasteiger charge is -2.26. The minimum Gasteiger partial charge on any atom is -0.507 e. The predicted molar refractivity (Wildman–Crippen MR) is 139 cm³/mol. The number of hydrogen-bond donors (Lipinski definition) is 1. The summed E-state index contributed by atoms with van der Waals surface area (Å²) in [7, 11) is 1.53. The van der Waals surface area contributed by atoms with Gasteiger partial charge in [-0.2, -0.15) is 0 Å². The number of rotatable bonds is 7. The summed E-state index contributed by atoms with van der Waals surface area (Å²) < 4.78 is 30.4. The second-order valence-corrected chi connectivity index (χ2v) is 9.17. The number of aryl methyl sites for hydroxylation is 1. The second-order valence-electron chi connectivity index (χ2n) is 9.17. The maximum atomic E-state index is 13.5. The highest BCUT2D eigenvalue weighted by Gasteiger charge is 2.46. The Balaban J connectivity index is 1.65. The zero-order valence-electron chi connectivity index (χ0n) is 21.2. The van der Waals surface area contributed by atoms with Crippen LogP contribution in [0.1, 0.15) is 41.6 Å². The molecule has 0 radical (unpaired) electrons. The third-order valence-electron chi connectivity index (χ3n) is 6.79. The topological polar surface area (TPSA) is 85.3 Å². The van der Waals surface area contributed by atoms with E-state index in [0.29, 0.717) is 41.4 Å². The van der Waals surface area contributed by atoms with Gasteiger partial charge < -0.3 is 24.2 Å². The molecule has 1 amide bonds. The standard InChI is InChI=1S/C30H28FNO6/c1-3-37-25-16-20(8-13-24(25)36-2)27-26(28(33)21-9-12-23-19(15-21)5-4-14-38-23)29(34)30(35)32(27)17-18-6-10-22(31)11-7-18/h6-13,15-16,27,33H,3-5,14,17H2,1-2H3/b28-26+. The molecule has 0 aromatic heterocycles. The van der Waals surface area contributed by atoms with Crippen molar-refractivity contribution in [1.82, 2.24) is 4.90 Å². The number of amides is 1. The Morgan fingerprint density at radius 2 is 1.87 bits per heavy atom. The maximum absolute atomic E-state index is 13.5. The number of methoxy groups -OCH3 is 1. The number of ketones is 1. The molecule has 1 N–H and O–H groups in total. The van der Waals surface area contributed by atoms with Gasteiger partial charge in [0, 0.05) is 12.1 Å². The normalized spacial score (nSPS) is 18.2. The number of likely N-dealkylation sites (tertiary alicyclic amines) is 1. The average molecular weight is 518 g/mol. The zero-order chi connectivity index (χ0) is 26.8. The molecule has 0 saturated carbocycles. The molecule has 196 valence electrons. The van der Waals surface area contributed by atoms with Crippen LogP contribution >= 0.6 is 0 Å². The van der Waals surface area contributed by atoms with Crippen LogP contribution in [0.15, 0.2) is 66.2 Å². The van der Waals surface area contributed by atoms with Gasteiger partial charge in [0.2, 0.25) is 0 Å². The highest BCUT2D eigenvalue weighted by molar-refractivity contribution is 6.46. The van der Waals surface area contributed by atoms with Crippen molar-refractivity contribution in [3.05, 3.63) is 94.3 Å². The van der Waals surface area contributed by atoms with Gasteiger partial charge in [-0.25, -0.2) is 4.39 Å². The SMILES string of the molecule is CCOc1cc(C2/C(=C(\O)c3ccc4c(c3)CCCO4)C(=O)C(=O)N2Cc2ccc(F)cc2)ccc1OC. The minimum absolute atomic E-state index is 0.0265. The minimum atomic E-state index is -0.905. The summed E-state index contributed by atoms with van der Waals surface area (Å²) in [5, 5.41) is 11.5. The number of aliphatic hydroxyl groups excluding tert-OH is 1. The molecule has 38 heavy (non-hydrogen) atoms. The van der Waals surface area contributed by atoms with E-state index in [4.69, 9.17) is 14.2 Å². The third-order valence-corrected chi connectivity index (χ3v) is 6.79. The van der Waals surface area contributed by atoms with Gasteiger partial charge in [-0.15, -0.1) is 0 Å². The van der Waals surface area contributed by atoms with Crippen LogP contribution in [0.5, 0.6) is 17.2 Å². The van der Waals surface area contributed by atoms with Gasteiger partial charge in [0.15, 0.2) is 11.5 Å². The maximum Gasteiger partial charge on any atom is 0.295 e. The lowest BCUT2D eigenvalue weighted by Crippen LogP contribution is -2.29. The number of nitrogens with zero attached hydrogens (tertiary/aromatic N) is 1. The molecule has 5 rings (SSSR count). The molecule has 1 unspecified atom stereocenters. The Kier molecular flexibility index (Phi) is 7.05. The number of carbonyl (C=O) groups is 2. The van der Waals surface area contributed by atoms with Crippen molar-refractivity contribution in [3.8, 4) is 17.2 Å². The van der Waals surface area contributed by atoms with Crippen LogP contribution in [0.3, 0.4) is 0 Å². The van der Waals surface area contributed by atoms with Crippen molar-refractivity contribution in [2.24, 2.45) is 0 Å². The molecule has 1 saturated heterocycles. The number of ether oxygens (including phenoxy) is 3. The smallest absolute Gasteiger partial charge is 0.295 e. The molecule has 2 aliphatic heterocycles. The van der Waals surface area contributed by atoms with Gasteiger partial charge in [-0.3, -0.25) is 9.59 Å². The zero-order valence-corrected chi connectivity index (χ0v) is 21.2. The van der Waals surface area contributed by atoms with Gasteiger partial charge in [-0.05, 0) is 78.9 Å². The van der Waals surface area contributed by atoms with Gasteiger partial charge in [-0.1, -0.05) is 18.2 Å². The summed E-state index contributed by atoms with van der Waals surface area (Å²) in [4.78, 5) is 28.2. The van der Waals surface area contributed by atoms with Crippen LogP contribution in [-0.4, -0.2) is 42.0 Å². The number of carbonyl (C=O) groups excluding carboxylic acids is 2. The Bertz CT molecular complexity index is 1410. The first-order chi connectivity index (χ1) is 18.4. The molecule has 3 aromatic carbocycles. The fraction of sp³-hybridized carbons (Fsp3) is 0.267. The van der Waals surface area contributed by atoms with E-state index in [1.54, 1.807) is 48.5 Å². The molecule has 2 aliphatic rings. The lowest BCUT2D eigenvalue weighted by molar-refractivity contribution is -0.140. The molecular weight excluding hydrogens is 489 g/mol. The largest absolute Gasteiger partial charge is 0.507 e. The lowest BCUT2D eigenvalue weighted by atomic mass is 9.93. The van der Waals surface area contributed by atoms with Gasteiger partial charge in [0.25, 0.3) is 11.7 Å². The quantitative estimate of drug-likeness (QED) is 0.264. The fourth-order valence-corrected chi connectivity index (χ4v) is 4.97. The molecule has 7 nitrogen and oxygen atoms in total. The van der Waals surface area contributed by atoms with Gasteiger partial charge in [0.05, 0.1) is 31.9 Å². The average Bonchev–Trinajstić information content (AvgIpc) is 3.18. The summed E-state index contributed by atoms with van der Waals surface area (Å²) >= 11 is 0. The van der Waals surface area contributed by atoms with E-state index in [2.05, 4.69) is 0 Å². The van der Waals surface area contributed by atoms with E-state index in [1.165, 1.54) is 24.1 Å². The van der Waals surface area contributed by atoms with E-state index in [0.717, 1.165) is 24.2 Å². The molecule has 1 fully saturated rings. The summed E-state index contributed by atoms with van der Waals surface area (Å²) in [5.74, 6) is -0.519. The Morgan fingerprint density at radius 1 is 1.08 bits per heavy atom. The summed E-state index contributed by atoms with van der Waals surface area (Å²) in [6, 6.07) is 15.2. The molecular formula is C30H28FNO6. The third kappa shape index (κ3) is 4.69. The molecule has 1 atom stereocenters. The number of halogens is 1. The number of Topliss-reactive ketones (excluding diaryl/α,β-unsaturated/α-hetero) is 1. The molecule has 3 aromatic rings. The first-order valence-electron chi connectivity index (χ1n) is 12.5.